The molecule has 0 saturated carbocycles. The molecule has 0 unspecified atom stereocenters. The number of hydrogen-bond donors (Lipinski definition) is 0. The van der Waals surface area contributed by atoms with Crippen LogP contribution in [0.4, 0.5) is 0 Å². The van der Waals surface area contributed by atoms with Gasteiger partial charge < -0.3 is 9.15 Å². The van der Waals surface area contributed by atoms with Gasteiger partial charge in [0, 0.05) is 6.20 Å². The topological polar surface area (TPSA) is 91.4 Å². The second kappa shape index (κ2) is 5.88. The van der Waals surface area contributed by atoms with Gasteiger partial charge in [-0.1, -0.05) is 0 Å². The van der Waals surface area contributed by atoms with E-state index in [1.165, 1.54) is 29.0 Å². The fourth-order valence-electron chi connectivity index (χ4n) is 2.19. The molecule has 7 heteroatoms. The zero-order valence-electron chi connectivity index (χ0n) is 12.2. The maximum atomic E-state index is 12.0. The van der Waals surface area contributed by atoms with Crippen LogP contribution >= 0.6 is 0 Å². The highest BCUT2D eigenvalue weighted by molar-refractivity contribution is 5.89. The first-order chi connectivity index (χ1) is 11.1. The van der Waals surface area contributed by atoms with Crippen molar-refractivity contribution >= 4 is 17.0 Å². The summed E-state index contributed by atoms with van der Waals surface area (Å²) in [5, 5.41) is 0.196. The Morgan fingerprint density at radius 2 is 1.96 bits per heavy atom. The van der Waals surface area contributed by atoms with Gasteiger partial charge in [-0.2, -0.15) is 0 Å². The van der Waals surface area contributed by atoms with Crippen molar-refractivity contribution in [3.8, 4) is 5.69 Å². The van der Waals surface area contributed by atoms with Crippen molar-refractivity contribution < 1.29 is 13.9 Å². The first-order valence-corrected chi connectivity index (χ1v) is 6.90. The van der Waals surface area contributed by atoms with E-state index in [9.17, 15) is 14.4 Å². The summed E-state index contributed by atoms with van der Waals surface area (Å²) in [4.78, 5) is 39.5. The molecule has 0 aliphatic carbocycles. The van der Waals surface area contributed by atoms with Gasteiger partial charge in [0.15, 0.2) is 5.65 Å². The molecule has 0 atom stereocenters. The van der Waals surface area contributed by atoms with Gasteiger partial charge in [0.2, 0.25) is 0 Å². The third-order valence-electron chi connectivity index (χ3n) is 3.22. The third kappa shape index (κ3) is 2.64. The number of ether oxygens (including phenoxy) is 1. The first-order valence-electron chi connectivity index (χ1n) is 6.90. The molecule has 0 N–H and O–H groups in total. The summed E-state index contributed by atoms with van der Waals surface area (Å²) in [6.07, 6.45) is 1.48. The lowest BCUT2D eigenvalue weighted by molar-refractivity contribution is 0.0526. The highest BCUT2D eigenvalue weighted by Gasteiger charge is 2.13. The molecule has 0 radical (unpaired) electrons. The lowest BCUT2D eigenvalue weighted by Gasteiger charge is -2.08. The number of benzene rings is 1. The van der Waals surface area contributed by atoms with Crippen molar-refractivity contribution in [2.24, 2.45) is 0 Å². The van der Waals surface area contributed by atoms with Gasteiger partial charge in [-0.05, 0) is 43.3 Å². The molecule has 0 spiro atoms. The number of rotatable bonds is 3. The van der Waals surface area contributed by atoms with Crippen LogP contribution in [0.5, 0.6) is 0 Å². The molecule has 116 valence electrons. The van der Waals surface area contributed by atoms with Crippen molar-refractivity contribution in [1.29, 1.82) is 0 Å². The van der Waals surface area contributed by atoms with Crippen molar-refractivity contribution in [2.75, 3.05) is 6.61 Å². The minimum Gasteiger partial charge on any atom is -0.462 e. The minimum absolute atomic E-state index is 0.192. The highest BCUT2D eigenvalue weighted by Crippen LogP contribution is 2.13. The Bertz CT molecular complexity index is 986. The van der Waals surface area contributed by atoms with E-state index in [1.807, 2.05) is 0 Å². The van der Waals surface area contributed by atoms with Crippen LogP contribution in [0, 0.1) is 0 Å². The summed E-state index contributed by atoms with van der Waals surface area (Å²) in [6.45, 7) is 1.99. The molecular formula is C16H12N2O5. The van der Waals surface area contributed by atoms with E-state index < -0.39 is 17.4 Å². The van der Waals surface area contributed by atoms with E-state index in [0.717, 1.165) is 0 Å². The molecule has 0 aliphatic heterocycles. The van der Waals surface area contributed by atoms with E-state index in [1.54, 1.807) is 25.1 Å². The maximum absolute atomic E-state index is 12.0. The molecule has 0 aliphatic rings. The van der Waals surface area contributed by atoms with E-state index in [4.69, 9.17) is 9.15 Å². The number of aromatic nitrogens is 2. The summed E-state index contributed by atoms with van der Waals surface area (Å²) in [5.74, 6) is -1.29. The zero-order chi connectivity index (χ0) is 16.4. The van der Waals surface area contributed by atoms with Crippen LogP contribution in [0.3, 0.4) is 0 Å². The molecule has 23 heavy (non-hydrogen) atoms. The van der Waals surface area contributed by atoms with Crippen LogP contribution in [0.2, 0.25) is 0 Å². The van der Waals surface area contributed by atoms with Gasteiger partial charge in [-0.15, -0.1) is 0 Å². The average Bonchev–Trinajstić information content (AvgIpc) is 2.56. The van der Waals surface area contributed by atoms with E-state index in [0.29, 0.717) is 11.3 Å². The Kier molecular flexibility index (Phi) is 3.76. The summed E-state index contributed by atoms with van der Waals surface area (Å²) in [7, 11) is 0. The predicted octanol–water partition coefficient (Wildman–Crippen LogP) is 1.52. The van der Waals surface area contributed by atoms with Crippen LogP contribution in [0.25, 0.3) is 16.7 Å². The molecular weight excluding hydrogens is 300 g/mol. The predicted molar refractivity (Wildman–Crippen MR) is 81.8 cm³/mol. The summed E-state index contributed by atoms with van der Waals surface area (Å²) in [5.41, 5.74) is 0.240. The van der Waals surface area contributed by atoms with Gasteiger partial charge in [-0.3, -0.25) is 0 Å². The van der Waals surface area contributed by atoms with Crippen molar-refractivity contribution in [3.05, 3.63) is 69.1 Å². The Morgan fingerprint density at radius 1 is 1.22 bits per heavy atom. The highest BCUT2D eigenvalue weighted by atomic mass is 16.5. The Labute approximate surface area is 129 Å². The summed E-state index contributed by atoms with van der Waals surface area (Å²) >= 11 is 0. The SMILES string of the molecule is CCOC(=O)c1ccc(-n2c(=O)oc(=O)c3cccnc32)cc1. The van der Waals surface area contributed by atoms with Crippen LogP contribution in [-0.2, 0) is 4.74 Å². The van der Waals surface area contributed by atoms with Gasteiger partial charge in [0.1, 0.15) is 5.39 Å². The molecule has 2 aromatic heterocycles. The molecule has 1 aromatic carbocycles. The number of nitrogens with zero attached hydrogens (tertiary/aromatic N) is 2. The number of esters is 1. The molecule has 0 fully saturated rings. The first kappa shape index (κ1) is 14.7. The van der Waals surface area contributed by atoms with E-state index in [-0.39, 0.29) is 17.6 Å². The van der Waals surface area contributed by atoms with Crippen LogP contribution in [0.1, 0.15) is 17.3 Å². The molecule has 3 aromatic rings. The van der Waals surface area contributed by atoms with Crippen molar-refractivity contribution in [1.82, 2.24) is 9.55 Å². The second-order valence-electron chi connectivity index (χ2n) is 4.63. The van der Waals surface area contributed by atoms with Crippen LogP contribution in [-0.4, -0.2) is 22.1 Å². The minimum atomic E-state index is -0.843. The third-order valence-corrected chi connectivity index (χ3v) is 3.22. The lowest BCUT2D eigenvalue weighted by atomic mass is 10.2. The monoisotopic (exact) mass is 312 g/mol. The summed E-state index contributed by atoms with van der Waals surface area (Å²) in [6, 6.07) is 9.28. The molecule has 7 nitrogen and oxygen atoms in total. The van der Waals surface area contributed by atoms with Gasteiger partial charge in [0.05, 0.1) is 17.9 Å². The molecule has 0 amide bonds. The van der Waals surface area contributed by atoms with E-state index in [2.05, 4.69) is 4.98 Å². The maximum Gasteiger partial charge on any atom is 0.428 e. The number of carbonyl (C=O) groups excluding carboxylic acids is 1. The molecule has 3 rings (SSSR count). The van der Waals surface area contributed by atoms with Crippen LogP contribution in [0.15, 0.2) is 56.6 Å². The van der Waals surface area contributed by atoms with Gasteiger partial charge >= 0.3 is 17.4 Å². The van der Waals surface area contributed by atoms with Crippen LogP contribution < -0.4 is 11.4 Å². The lowest BCUT2D eigenvalue weighted by Crippen LogP contribution is -2.24. The molecule has 2 heterocycles. The van der Waals surface area contributed by atoms with Crippen molar-refractivity contribution in [3.63, 3.8) is 0 Å². The number of hydrogen-bond acceptors (Lipinski definition) is 6. The number of fused-ring (bicyclic) bond motifs is 1. The standard InChI is InChI=1S/C16H12N2O5/c1-2-22-14(19)10-5-7-11(8-6-10)18-13-12(4-3-9-17-13)15(20)23-16(18)21/h3-9H,2H2,1H3. The van der Waals surface area contributed by atoms with E-state index >= 15 is 0 Å². The number of carbonyl (C=O) groups is 1. The quantitative estimate of drug-likeness (QED) is 0.681. The fraction of sp³-hybridized carbons (Fsp3) is 0.125. The Balaban J connectivity index is 2.16. The normalized spacial score (nSPS) is 10.7. The van der Waals surface area contributed by atoms with Gasteiger partial charge in [-0.25, -0.2) is 23.9 Å². The summed E-state index contributed by atoms with van der Waals surface area (Å²) < 4.78 is 10.8. The largest absolute Gasteiger partial charge is 0.462 e. The molecule has 0 bridgehead atoms. The average molecular weight is 312 g/mol. The van der Waals surface area contributed by atoms with Gasteiger partial charge in [0.25, 0.3) is 0 Å². The smallest absolute Gasteiger partial charge is 0.428 e. The fourth-order valence-corrected chi connectivity index (χ4v) is 2.19. The van der Waals surface area contributed by atoms with Crippen molar-refractivity contribution in [2.45, 2.75) is 6.92 Å². The molecule has 0 saturated heterocycles. The zero-order valence-corrected chi connectivity index (χ0v) is 12.2. The Morgan fingerprint density at radius 3 is 2.65 bits per heavy atom. The number of pyridine rings is 1. The second-order valence-corrected chi connectivity index (χ2v) is 4.63. The Hall–Kier alpha value is -3.22.